The first kappa shape index (κ1) is 12.1. The Bertz CT molecular complexity index is 356. The molecule has 1 aromatic rings. The van der Waals surface area contributed by atoms with Crippen molar-refractivity contribution in [3.8, 4) is 0 Å². The average molecular weight is 266 g/mol. The lowest BCUT2D eigenvalue weighted by Crippen LogP contribution is -2.01. The number of nitrogens with zero attached hydrogens (tertiary/aromatic N) is 1. The second-order valence-electron chi connectivity index (χ2n) is 2.63. The van der Waals surface area contributed by atoms with E-state index in [1.54, 1.807) is 18.2 Å². The maximum Gasteiger partial charge on any atom is 0.190 e. The van der Waals surface area contributed by atoms with Gasteiger partial charge in [0.2, 0.25) is 0 Å². The Morgan fingerprint density at radius 2 is 2.07 bits per heavy atom. The van der Waals surface area contributed by atoms with Crippen LogP contribution in [0.15, 0.2) is 18.2 Å². The number of thiol groups is 3. The van der Waals surface area contributed by atoms with E-state index in [2.05, 4.69) is 38.3 Å². The van der Waals surface area contributed by atoms with Crippen LogP contribution in [0.3, 0.4) is 0 Å². The smallest absolute Gasteiger partial charge is 0.190 e. The molecule has 0 saturated heterocycles. The summed E-state index contributed by atoms with van der Waals surface area (Å²) in [5.74, 6) is 0. The van der Waals surface area contributed by atoms with Crippen LogP contribution in [0.2, 0.25) is 5.02 Å². The molecule has 0 unspecified atom stereocenters. The van der Waals surface area contributed by atoms with Crippen molar-refractivity contribution in [1.29, 1.82) is 0 Å². The molecule has 6 heteroatoms. The molecule has 0 radical (unpaired) electrons. The quantitative estimate of drug-likeness (QED) is 0.731. The van der Waals surface area contributed by atoms with E-state index < -0.39 is 0 Å². The van der Waals surface area contributed by atoms with E-state index in [-0.39, 0.29) is 11.5 Å². The van der Waals surface area contributed by atoms with Gasteiger partial charge in [-0.3, -0.25) is 8.51 Å². The summed E-state index contributed by atoms with van der Waals surface area (Å²) in [5.41, 5.74) is 1.48. The van der Waals surface area contributed by atoms with Crippen LogP contribution in [0.4, 0.5) is 5.69 Å². The van der Waals surface area contributed by atoms with Crippen molar-refractivity contribution in [1.82, 2.24) is 0 Å². The Morgan fingerprint density at radius 3 is 2.57 bits per heavy atom. The molecule has 2 nitrogen and oxygen atoms in total. The van der Waals surface area contributed by atoms with Crippen molar-refractivity contribution in [2.75, 3.05) is 3.71 Å². The van der Waals surface area contributed by atoms with Gasteiger partial charge in [-0.2, -0.15) is 0 Å². The molecule has 76 valence electrons. The minimum absolute atomic E-state index is 0.211. The van der Waals surface area contributed by atoms with Gasteiger partial charge in [-0.15, -0.1) is 12.6 Å². The first-order valence-electron chi connectivity index (χ1n) is 3.69. The fourth-order valence-corrected chi connectivity index (χ4v) is 1.74. The predicted molar refractivity (Wildman–Crippen MR) is 69.6 cm³/mol. The van der Waals surface area contributed by atoms with E-state index in [0.717, 1.165) is 5.56 Å². The number of hydrogen-bond donors (Lipinski definition) is 3. The summed E-state index contributed by atoms with van der Waals surface area (Å²) < 4.78 is 1.32. The molecule has 0 aliphatic heterocycles. The highest BCUT2D eigenvalue weighted by molar-refractivity contribution is 8.00. The Labute approximate surface area is 104 Å². The summed E-state index contributed by atoms with van der Waals surface area (Å²) in [5, 5.41) is 0.362. The number of hydrogen-bond acceptors (Lipinski definition) is 4. The molecule has 0 saturated carbocycles. The van der Waals surface area contributed by atoms with Gasteiger partial charge in [0, 0.05) is 11.4 Å². The van der Waals surface area contributed by atoms with Gasteiger partial charge in [0.25, 0.3) is 0 Å². The molecule has 0 atom stereocenters. The number of anilines is 1. The van der Waals surface area contributed by atoms with E-state index in [1.165, 1.54) is 3.71 Å². The Kier molecular flexibility index (Phi) is 4.50. The van der Waals surface area contributed by atoms with Crippen LogP contribution in [-0.4, -0.2) is 5.12 Å². The Hall–Kier alpha value is 0.0300. The lowest BCUT2D eigenvalue weighted by Gasteiger charge is -2.14. The van der Waals surface area contributed by atoms with Crippen LogP contribution in [0.5, 0.6) is 0 Å². The lowest BCUT2D eigenvalue weighted by atomic mass is 10.1. The van der Waals surface area contributed by atoms with Crippen molar-refractivity contribution < 1.29 is 4.79 Å². The molecule has 0 aromatic heterocycles. The number of carbonyl (C=O) groups excluding carboxylic acids is 1. The van der Waals surface area contributed by atoms with E-state index >= 15 is 0 Å². The largest absolute Gasteiger partial charge is 0.287 e. The summed E-state index contributed by atoms with van der Waals surface area (Å²) in [6, 6.07) is 5.15. The molecule has 0 fully saturated rings. The second kappa shape index (κ2) is 5.21. The number of halogens is 1. The van der Waals surface area contributed by atoms with Gasteiger partial charge in [-0.05, 0) is 17.7 Å². The predicted octanol–water partition coefficient (Wildman–Crippen LogP) is 2.83. The van der Waals surface area contributed by atoms with Gasteiger partial charge in [-0.25, -0.2) is 0 Å². The van der Waals surface area contributed by atoms with Gasteiger partial charge < -0.3 is 0 Å². The third-order valence-corrected chi connectivity index (χ3v) is 2.43. The third kappa shape index (κ3) is 3.31. The van der Waals surface area contributed by atoms with Crippen LogP contribution in [0.25, 0.3) is 0 Å². The molecular formula is C8H8ClNOS3. The molecule has 1 aromatic carbocycles. The molecular weight excluding hydrogens is 258 g/mol. The van der Waals surface area contributed by atoms with Crippen molar-refractivity contribution in [2.45, 2.75) is 6.42 Å². The Balaban J connectivity index is 3.08. The maximum atomic E-state index is 10.8. The van der Waals surface area contributed by atoms with Crippen molar-refractivity contribution in [3.63, 3.8) is 0 Å². The normalized spacial score (nSPS) is 10.0. The van der Waals surface area contributed by atoms with E-state index in [9.17, 15) is 4.79 Å². The number of benzene rings is 1. The van der Waals surface area contributed by atoms with E-state index in [0.29, 0.717) is 10.7 Å². The summed E-state index contributed by atoms with van der Waals surface area (Å²) in [7, 11) is 0. The highest BCUT2D eigenvalue weighted by Crippen LogP contribution is 2.28. The van der Waals surface area contributed by atoms with Gasteiger partial charge in [0.1, 0.15) is 0 Å². The van der Waals surface area contributed by atoms with E-state index in [4.69, 9.17) is 11.6 Å². The summed E-state index contributed by atoms with van der Waals surface area (Å²) in [6.45, 7) is 0. The number of carbonyl (C=O) groups is 1. The standard InChI is InChI=1S/C8H8ClNOS3/c9-6-2-1-5(3-8(11)12)7(4-6)10(13)14/h1-2,4,13-14H,3H2,(H,11,12). The molecule has 0 bridgehead atoms. The average Bonchev–Trinajstić information content (AvgIpc) is 2.07. The number of rotatable bonds is 3. The van der Waals surface area contributed by atoms with Gasteiger partial charge in [0.05, 0.1) is 5.69 Å². The first-order chi connectivity index (χ1) is 6.50. The van der Waals surface area contributed by atoms with Crippen molar-refractivity contribution >= 4 is 60.7 Å². The highest BCUT2D eigenvalue weighted by atomic mass is 35.5. The van der Waals surface area contributed by atoms with Gasteiger partial charge >= 0.3 is 0 Å². The molecule has 1 rings (SSSR count). The van der Waals surface area contributed by atoms with Gasteiger partial charge in [0.15, 0.2) is 5.12 Å². The summed E-state index contributed by atoms with van der Waals surface area (Å²) in [6.07, 6.45) is 0.229. The zero-order valence-electron chi connectivity index (χ0n) is 7.01. The summed E-state index contributed by atoms with van der Waals surface area (Å²) >= 11 is 17.6. The van der Waals surface area contributed by atoms with Crippen LogP contribution in [-0.2, 0) is 11.2 Å². The molecule has 0 spiro atoms. The van der Waals surface area contributed by atoms with E-state index in [1.807, 2.05) is 0 Å². The molecule has 0 N–H and O–H groups in total. The Morgan fingerprint density at radius 1 is 1.43 bits per heavy atom. The van der Waals surface area contributed by atoms with Crippen LogP contribution >= 0.6 is 49.9 Å². The SMILES string of the molecule is O=C(S)Cc1ccc(Cl)cc1N(S)S. The van der Waals surface area contributed by atoms with Crippen LogP contribution in [0, 0.1) is 0 Å². The molecule has 0 aliphatic carbocycles. The van der Waals surface area contributed by atoms with Crippen LogP contribution in [0.1, 0.15) is 5.56 Å². The fraction of sp³-hybridized carbons (Fsp3) is 0.125. The minimum Gasteiger partial charge on any atom is -0.287 e. The lowest BCUT2D eigenvalue weighted by molar-refractivity contribution is -0.110. The summed E-state index contributed by atoms with van der Waals surface area (Å²) in [4.78, 5) is 10.8. The molecule has 0 heterocycles. The topological polar surface area (TPSA) is 20.3 Å². The van der Waals surface area contributed by atoms with Crippen molar-refractivity contribution in [2.24, 2.45) is 0 Å². The monoisotopic (exact) mass is 265 g/mol. The maximum absolute atomic E-state index is 10.8. The minimum atomic E-state index is -0.211. The molecule has 0 aliphatic rings. The van der Waals surface area contributed by atoms with Gasteiger partial charge in [-0.1, -0.05) is 43.3 Å². The first-order valence-corrected chi connectivity index (χ1v) is 5.31. The second-order valence-corrected chi connectivity index (χ2v) is 4.68. The molecule has 0 amide bonds. The highest BCUT2D eigenvalue weighted by Gasteiger charge is 2.08. The third-order valence-electron chi connectivity index (χ3n) is 1.60. The fourth-order valence-electron chi connectivity index (χ4n) is 1.04. The van der Waals surface area contributed by atoms with Crippen LogP contribution < -0.4 is 3.71 Å². The van der Waals surface area contributed by atoms with Crippen molar-refractivity contribution in [3.05, 3.63) is 28.8 Å². The zero-order valence-corrected chi connectivity index (χ0v) is 10.5. The molecule has 14 heavy (non-hydrogen) atoms. The zero-order chi connectivity index (χ0) is 10.7.